The lowest BCUT2D eigenvalue weighted by Crippen LogP contribution is -2.60. The van der Waals surface area contributed by atoms with Crippen molar-refractivity contribution in [3.8, 4) is 5.75 Å². The second kappa shape index (κ2) is 10.1. The van der Waals surface area contributed by atoms with E-state index in [9.17, 15) is 19.5 Å². The zero-order valence-electron chi connectivity index (χ0n) is 22.3. The Morgan fingerprint density at radius 3 is 2.51 bits per heavy atom. The number of amides is 2. The summed E-state index contributed by atoms with van der Waals surface area (Å²) in [6.45, 7) is 11.2. The lowest BCUT2D eigenvalue weighted by atomic mass is 9.66. The number of aliphatic hydroxyl groups is 1. The van der Waals surface area contributed by atoms with E-state index in [0.29, 0.717) is 24.3 Å². The summed E-state index contributed by atoms with van der Waals surface area (Å²) in [5, 5.41) is 10.3. The number of nitrogens with zero attached hydrogens (tertiary/aromatic N) is 2. The number of hydrogen-bond donors (Lipinski definition) is 1. The van der Waals surface area contributed by atoms with Gasteiger partial charge in [0.05, 0.1) is 37.9 Å². The Bertz CT molecular complexity index is 1060. The molecule has 0 radical (unpaired) electrons. The van der Waals surface area contributed by atoms with Gasteiger partial charge in [0.1, 0.15) is 23.3 Å². The van der Waals surface area contributed by atoms with Gasteiger partial charge in [-0.25, -0.2) is 0 Å². The molecule has 1 N–H and O–H groups in total. The van der Waals surface area contributed by atoms with Gasteiger partial charge in [-0.3, -0.25) is 14.4 Å². The molecule has 1 spiro atoms. The van der Waals surface area contributed by atoms with Crippen LogP contribution in [0.25, 0.3) is 0 Å². The Morgan fingerprint density at radius 1 is 1.30 bits per heavy atom. The standard InChI is InChI=1S/C28H38N2O7/c1-7-15-29(18-9-11-19(35-6)12-10-18)25(33)23-28-14-13-27(5,37-28)22(26(34)36-8-2)21(28)24(32)30(23)20(16-31)17(3)4/h7,9-12,17,20-23,31H,1,8,13-16H2,2-6H3/t20-,21-,22+,23?,27-,28?/m0/s1. The third-order valence-corrected chi connectivity index (χ3v) is 8.26. The Morgan fingerprint density at radius 2 is 1.97 bits per heavy atom. The SMILES string of the molecule is C=CCN(C(=O)C1N([C@@H](CO)C(C)C)C(=O)[C@@H]2[C@H](C(=O)OCC)[C@]3(C)CCC12O3)c1ccc(OC)cc1. The zero-order valence-corrected chi connectivity index (χ0v) is 22.3. The molecule has 1 aromatic rings. The Hall–Kier alpha value is -2.91. The summed E-state index contributed by atoms with van der Waals surface area (Å²) < 4.78 is 17.3. The third-order valence-electron chi connectivity index (χ3n) is 8.26. The molecule has 3 saturated heterocycles. The van der Waals surface area contributed by atoms with Crippen LogP contribution in [-0.4, -0.2) is 77.9 Å². The van der Waals surface area contributed by atoms with Gasteiger partial charge in [-0.1, -0.05) is 19.9 Å². The molecule has 3 aliphatic heterocycles. The van der Waals surface area contributed by atoms with Crippen LogP contribution >= 0.6 is 0 Å². The summed E-state index contributed by atoms with van der Waals surface area (Å²) in [7, 11) is 1.57. The van der Waals surface area contributed by atoms with Gasteiger partial charge in [-0.2, -0.15) is 0 Å². The van der Waals surface area contributed by atoms with Crippen molar-refractivity contribution < 1.29 is 33.7 Å². The topological polar surface area (TPSA) is 106 Å². The normalized spacial score (nSPS) is 30.8. The molecule has 6 atom stereocenters. The Balaban J connectivity index is 1.84. The number of rotatable bonds is 10. The maximum Gasteiger partial charge on any atom is 0.312 e. The highest BCUT2D eigenvalue weighted by Gasteiger charge is 2.79. The molecular weight excluding hydrogens is 476 g/mol. The molecule has 3 aliphatic rings. The average molecular weight is 515 g/mol. The van der Waals surface area contributed by atoms with Crippen molar-refractivity contribution in [2.75, 3.05) is 31.8 Å². The first-order valence-electron chi connectivity index (χ1n) is 13.0. The van der Waals surface area contributed by atoms with Crippen LogP contribution < -0.4 is 9.64 Å². The molecule has 1 aromatic carbocycles. The molecule has 37 heavy (non-hydrogen) atoms. The second-order valence-corrected chi connectivity index (χ2v) is 10.7. The molecule has 9 nitrogen and oxygen atoms in total. The van der Waals surface area contributed by atoms with Crippen LogP contribution in [0.1, 0.15) is 40.5 Å². The average Bonchev–Trinajstić information content (AvgIpc) is 3.44. The number of esters is 1. The fourth-order valence-corrected chi connectivity index (χ4v) is 6.57. The lowest BCUT2D eigenvalue weighted by Gasteiger charge is -2.40. The van der Waals surface area contributed by atoms with Gasteiger partial charge in [0.2, 0.25) is 5.91 Å². The summed E-state index contributed by atoms with van der Waals surface area (Å²) in [5.41, 5.74) is -1.49. The molecule has 202 valence electrons. The zero-order chi connectivity index (χ0) is 27.1. The van der Waals surface area contributed by atoms with Crippen LogP contribution in [0.3, 0.4) is 0 Å². The third kappa shape index (κ3) is 4.12. The summed E-state index contributed by atoms with van der Waals surface area (Å²) >= 11 is 0. The van der Waals surface area contributed by atoms with Gasteiger partial charge < -0.3 is 29.1 Å². The Labute approximate surface area is 218 Å². The Kier molecular flexibility index (Phi) is 7.41. The maximum absolute atomic E-state index is 14.5. The van der Waals surface area contributed by atoms with Crippen molar-refractivity contribution in [2.45, 2.75) is 63.8 Å². The summed E-state index contributed by atoms with van der Waals surface area (Å²) in [4.78, 5) is 44.9. The summed E-state index contributed by atoms with van der Waals surface area (Å²) in [6, 6.07) is 5.43. The number of methoxy groups -OCH3 is 1. The van der Waals surface area contributed by atoms with Crippen molar-refractivity contribution in [1.82, 2.24) is 4.90 Å². The molecule has 4 rings (SSSR count). The number of hydrogen-bond acceptors (Lipinski definition) is 7. The fraction of sp³-hybridized carbons (Fsp3) is 0.607. The molecule has 2 bridgehead atoms. The highest BCUT2D eigenvalue weighted by molar-refractivity contribution is 6.05. The maximum atomic E-state index is 14.5. The minimum Gasteiger partial charge on any atom is -0.497 e. The highest BCUT2D eigenvalue weighted by Crippen LogP contribution is 2.64. The van der Waals surface area contributed by atoms with Gasteiger partial charge in [-0.15, -0.1) is 6.58 Å². The second-order valence-electron chi connectivity index (χ2n) is 10.7. The van der Waals surface area contributed by atoms with E-state index in [4.69, 9.17) is 14.2 Å². The largest absolute Gasteiger partial charge is 0.497 e. The van der Waals surface area contributed by atoms with E-state index >= 15 is 0 Å². The van der Waals surface area contributed by atoms with E-state index in [1.807, 2.05) is 20.8 Å². The van der Waals surface area contributed by atoms with E-state index in [0.717, 1.165) is 0 Å². The predicted octanol–water partition coefficient (Wildman–Crippen LogP) is 2.56. The number of anilines is 1. The highest BCUT2D eigenvalue weighted by atomic mass is 16.6. The molecule has 9 heteroatoms. The molecule has 0 aliphatic carbocycles. The minimum atomic E-state index is -1.20. The van der Waals surface area contributed by atoms with Gasteiger partial charge >= 0.3 is 5.97 Å². The summed E-state index contributed by atoms with van der Waals surface area (Å²) in [5.74, 6) is -2.35. The number of ether oxygens (including phenoxy) is 3. The molecule has 2 unspecified atom stereocenters. The molecular formula is C28H38N2O7. The monoisotopic (exact) mass is 514 g/mol. The molecule has 3 fully saturated rings. The number of likely N-dealkylation sites (tertiary alicyclic amines) is 1. The molecule has 2 amide bonds. The van der Waals surface area contributed by atoms with Crippen LogP contribution in [-0.2, 0) is 23.9 Å². The van der Waals surface area contributed by atoms with Crippen molar-refractivity contribution in [2.24, 2.45) is 17.8 Å². The van der Waals surface area contributed by atoms with Crippen LogP contribution in [0.4, 0.5) is 5.69 Å². The smallest absolute Gasteiger partial charge is 0.312 e. The van der Waals surface area contributed by atoms with Gasteiger partial charge in [0.25, 0.3) is 5.91 Å². The lowest BCUT2D eigenvalue weighted by molar-refractivity contribution is -0.160. The van der Waals surface area contributed by atoms with Crippen LogP contribution in [0.15, 0.2) is 36.9 Å². The van der Waals surface area contributed by atoms with Crippen molar-refractivity contribution in [3.05, 3.63) is 36.9 Å². The number of aliphatic hydroxyl groups excluding tert-OH is 1. The fourth-order valence-electron chi connectivity index (χ4n) is 6.57. The number of benzene rings is 1. The van der Waals surface area contributed by atoms with E-state index in [2.05, 4.69) is 6.58 Å². The quantitative estimate of drug-likeness (QED) is 0.378. The first kappa shape index (κ1) is 27.1. The minimum absolute atomic E-state index is 0.137. The van der Waals surface area contributed by atoms with Crippen LogP contribution in [0.2, 0.25) is 0 Å². The first-order valence-corrected chi connectivity index (χ1v) is 13.0. The van der Waals surface area contributed by atoms with Crippen LogP contribution in [0.5, 0.6) is 5.75 Å². The van der Waals surface area contributed by atoms with Gasteiger partial charge in [0.15, 0.2) is 0 Å². The van der Waals surface area contributed by atoms with Gasteiger partial charge in [-0.05, 0) is 56.9 Å². The number of fused-ring (bicyclic) bond motifs is 1. The van der Waals surface area contributed by atoms with Crippen molar-refractivity contribution >= 4 is 23.5 Å². The summed E-state index contributed by atoms with van der Waals surface area (Å²) in [6.07, 6.45) is 2.59. The van der Waals surface area contributed by atoms with E-state index < -0.39 is 41.1 Å². The van der Waals surface area contributed by atoms with Crippen molar-refractivity contribution in [3.63, 3.8) is 0 Å². The molecule has 3 heterocycles. The number of carbonyl (C=O) groups excluding carboxylic acids is 3. The van der Waals surface area contributed by atoms with E-state index in [1.54, 1.807) is 49.3 Å². The van der Waals surface area contributed by atoms with Gasteiger partial charge in [0, 0.05) is 12.2 Å². The van der Waals surface area contributed by atoms with E-state index in [1.165, 1.54) is 4.90 Å². The molecule has 0 saturated carbocycles. The van der Waals surface area contributed by atoms with Crippen molar-refractivity contribution in [1.29, 1.82) is 0 Å². The van der Waals surface area contributed by atoms with Crippen LogP contribution in [0, 0.1) is 17.8 Å². The number of carbonyl (C=O) groups is 3. The molecule has 0 aromatic heterocycles. The predicted molar refractivity (Wildman–Crippen MR) is 137 cm³/mol. The van der Waals surface area contributed by atoms with E-state index in [-0.39, 0.29) is 37.5 Å². The first-order chi connectivity index (χ1) is 17.6.